The van der Waals surface area contributed by atoms with Gasteiger partial charge < -0.3 is 10.1 Å². The molecule has 1 N–H and O–H groups in total. The molecule has 2 rings (SSSR count). The van der Waals surface area contributed by atoms with Crippen LogP contribution in [-0.2, 0) is 0 Å². The Morgan fingerprint density at radius 3 is 2.59 bits per heavy atom. The van der Waals surface area contributed by atoms with Crippen LogP contribution >= 0.6 is 27.5 Å². The largest absolute Gasteiger partial charge is 0.431 e. The monoisotopic (exact) mass is 393 g/mol. The molecule has 2 aromatic carbocycles. The number of carbonyl (C=O) groups excluding carboxylic acids is 1. The summed E-state index contributed by atoms with van der Waals surface area (Å²) in [5, 5.41) is 2.48. The van der Waals surface area contributed by atoms with Crippen molar-refractivity contribution in [3.63, 3.8) is 0 Å². The Morgan fingerprint density at radius 2 is 1.95 bits per heavy atom. The van der Waals surface area contributed by atoms with Crippen LogP contribution in [0, 0.1) is 5.82 Å². The first-order valence-corrected chi connectivity index (χ1v) is 7.05. The minimum atomic E-state index is -3.10. The normalized spacial score (nSPS) is 10.6. The zero-order chi connectivity index (χ0) is 16.3. The highest BCUT2D eigenvalue weighted by Gasteiger charge is 2.18. The van der Waals surface area contributed by atoms with Gasteiger partial charge in [0.15, 0.2) is 5.75 Å². The fraction of sp³-hybridized carbons (Fsp3) is 0.0714. The minimum absolute atomic E-state index is 0.104. The van der Waals surface area contributed by atoms with Crippen LogP contribution in [0.3, 0.4) is 0 Å². The van der Waals surface area contributed by atoms with E-state index < -0.39 is 18.3 Å². The van der Waals surface area contributed by atoms with Gasteiger partial charge in [0.25, 0.3) is 5.91 Å². The predicted molar refractivity (Wildman–Crippen MR) is 80.1 cm³/mol. The first-order chi connectivity index (χ1) is 10.4. The second-order valence-corrected chi connectivity index (χ2v) is 5.37. The van der Waals surface area contributed by atoms with Gasteiger partial charge in [-0.15, -0.1) is 0 Å². The lowest BCUT2D eigenvalue weighted by atomic mass is 10.2. The molecule has 22 heavy (non-hydrogen) atoms. The highest BCUT2D eigenvalue weighted by atomic mass is 79.9. The van der Waals surface area contributed by atoms with Crippen LogP contribution in [0.4, 0.5) is 18.9 Å². The van der Waals surface area contributed by atoms with Crippen LogP contribution in [0.2, 0.25) is 5.02 Å². The first kappa shape index (κ1) is 16.6. The maximum Gasteiger partial charge on any atom is 0.387 e. The van der Waals surface area contributed by atoms with E-state index in [-0.39, 0.29) is 26.5 Å². The van der Waals surface area contributed by atoms with E-state index in [0.717, 1.165) is 6.07 Å². The van der Waals surface area contributed by atoms with E-state index in [2.05, 4.69) is 26.0 Å². The molecule has 116 valence electrons. The van der Waals surface area contributed by atoms with E-state index in [1.54, 1.807) is 0 Å². The molecule has 0 heterocycles. The molecule has 0 aliphatic rings. The maximum atomic E-state index is 13.6. The molecule has 0 radical (unpaired) electrons. The number of hydrogen-bond donors (Lipinski definition) is 1. The topological polar surface area (TPSA) is 38.3 Å². The Balaban J connectivity index is 2.36. The van der Waals surface area contributed by atoms with E-state index in [4.69, 9.17) is 11.6 Å². The highest BCUT2D eigenvalue weighted by Crippen LogP contribution is 2.37. The van der Waals surface area contributed by atoms with Gasteiger partial charge >= 0.3 is 6.61 Å². The number of anilines is 1. The second-order valence-electron chi connectivity index (χ2n) is 4.08. The number of rotatable bonds is 4. The summed E-state index contributed by atoms with van der Waals surface area (Å²) in [5.74, 6) is -1.85. The highest BCUT2D eigenvalue weighted by molar-refractivity contribution is 9.10. The first-order valence-electron chi connectivity index (χ1n) is 5.88. The number of hydrogen-bond acceptors (Lipinski definition) is 2. The fourth-order valence-corrected chi connectivity index (χ4v) is 2.60. The van der Waals surface area contributed by atoms with Crippen molar-refractivity contribution in [3.05, 3.63) is 57.3 Å². The summed E-state index contributed by atoms with van der Waals surface area (Å²) in [7, 11) is 0. The van der Waals surface area contributed by atoms with Crippen LogP contribution in [-0.4, -0.2) is 12.5 Å². The lowest BCUT2D eigenvalue weighted by Crippen LogP contribution is -2.15. The molecular formula is C14H8BrClF3NO2. The van der Waals surface area contributed by atoms with Crippen molar-refractivity contribution in [1.82, 2.24) is 0 Å². The molecule has 1 amide bonds. The van der Waals surface area contributed by atoms with E-state index in [1.807, 2.05) is 0 Å². The molecule has 0 atom stereocenters. The number of carbonyl (C=O) groups is 1. The minimum Gasteiger partial charge on any atom is -0.431 e. The van der Waals surface area contributed by atoms with Crippen molar-refractivity contribution in [2.75, 3.05) is 5.32 Å². The van der Waals surface area contributed by atoms with Crippen LogP contribution in [0.1, 0.15) is 10.4 Å². The van der Waals surface area contributed by atoms with Gasteiger partial charge in [-0.05, 0) is 40.2 Å². The molecule has 0 aliphatic carbocycles. The number of alkyl halides is 2. The molecule has 3 nitrogen and oxygen atoms in total. The summed E-state index contributed by atoms with van der Waals surface area (Å²) < 4.78 is 43.0. The van der Waals surface area contributed by atoms with Crippen LogP contribution in [0.5, 0.6) is 5.75 Å². The predicted octanol–water partition coefficient (Wildman–Crippen LogP) is 5.10. The van der Waals surface area contributed by atoms with Crippen molar-refractivity contribution in [2.24, 2.45) is 0 Å². The average Bonchev–Trinajstić information content (AvgIpc) is 2.42. The summed E-state index contributed by atoms with van der Waals surface area (Å²) in [4.78, 5) is 12.0. The van der Waals surface area contributed by atoms with E-state index in [9.17, 15) is 18.0 Å². The number of amides is 1. The molecule has 2 aromatic rings. The van der Waals surface area contributed by atoms with Gasteiger partial charge in [-0.25, -0.2) is 4.39 Å². The zero-order valence-corrected chi connectivity index (χ0v) is 13.1. The lowest BCUT2D eigenvalue weighted by molar-refractivity contribution is -0.0498. The number of halogens is 5. The number of ether oxygens (including phenoxy) is 1. The molecule has 8 heteroatoms. The van der Waals surface area contributed by atoms with Crippen molar-refractivity contribution < 1.29 is 22.7 Å². The Labute approximate surface area is 137 Å². The number of benzene rings is 2. The molecule has 0 saturated heterocycles. The molecule has 0 aromatic heterocycles. The third-order valence-corrected chi connectivity index (χ3v) is 3.39. The van der Waals surface area contributed by atoms with Crippen LogP contribution in [0.15, 0.2) is 40.9 Å². The SMILES string of the molecule is O=C(Nc1cc(Cl)cc(Br)c1OC(F)F)c1ccccc1F. The summed E-state index contributed by atoms with van der Waals surface area (Å²) in [5.41, 5.74) is -0.338. The summed E-state index contributed by atoms with van der Waals surface area (Å²) in [6.07, 6.45) is 0. The summed E-state index contributed by atoms with van der Waals surface area (Å²) >= 11 is 8.84. The Kier molecular flexibility index (Phi) is 5.31. The van der Waals surface area contributed by atoms with Gasteiger partial charge in [-0.3, -0.25) is 4.79 Å². The summed E-state index contributed by atoms with van der Waals surface area (Å²) in [6, 6.07) is 7.83. The van der Waals surface area contributed by atoms with Crippen molar-refractivity contribution >= 4 is 39.1 Å². The fourth-order valence-electron chi connectivity index (χ4n) is 1.70. The number of nitrogens with one attached hydrogen (secondary N) is 1. The van der Waals surface area contributed by atoms with Crippen LogP contribution in [0.25, 0.3) is 0 Å². The van der Waals surface area contributed by atoms with Gasteiger partial charge in [0, 0.05) is 5.02 Å². The molecule has 0 saturated carbocycles. The molecule has 0 bridgehead atoms. The molecular weight excluding hydrogens is 387 g/mol. The van der Waals surface area contributed by atoms with Gasteiger partial charge in [-0.2, -0.15) is 8.78 Å². The Bertz CT molecular complexity index is 712. The van der Waals surface area contributed by atoms with Gasteiger partial charge in [0.2, 0.25) is 0 Å². The standard InChI is InChI=1S/C14H8BrClF3NO2/c15-9-5-7(16)6-11(12(9)22-14(18)19)20-13(21)8-3-1-2-4-10(8)17/h1-6,14H,(H,20,21). The smallest absolute Gasteiger partial charge is 0.387 e. The van der Waals surface area contributed by atoms with Gasteiger partial charge in [0.1, 0.15) is 5.82 Å². The molecule has 0 fully saturated rings. The van der Waals surface area contributed by atoms with Gasteiger partial charge in [-0.1, -0.05) is 23.7 Å². The molecule has 0 spiro atoms. The third kappa shape index (κ3) is 3.92. The van der Waals surface area contributed by atoms with Crippen molar-refractivity contribution in [2.45, 2.75) is 6.61 Å². The Morgan fingerprint density at radius 1 is 1.27 bits per heavy atom. The maximum absolute atomic E-state index is 13.6. The third-order valence-electron chi connectivity index (χ3n) is 2.58. The summed E-state index contributed by atoms with van der Waals surface area (Å²) in [6.45, 7) is -3.10. The van der Waals surface area contributed by atoms with E-state index >= 15 is 0 Å². The second kappa shape index (κ2) is 7.02. The van der Waals surface area contributed by atoms with Gasteiger partial charge in [0.05, 0.1) is 15.7 Å². The van der Waals surface area contributed by atoms with E-state index in [1.165, 1.54) is 30.3 Å². The molecule has 0 aliphatic heterocycles. The molecule has 0 unspecified atom stereocenters. The average molecular weight is 395 g/mol. The lowest BCUT2D eigenvalue weighted by Gasteiger charge is -2.14. The Hall–Kier alpha value is -1.73. The van der Waals surface area contributed by atoms with Crippen LogP contribution < -0.4 is 10.1 Å². The zero-order valence-electron chi connectivity index (χ0n) is 10.7. The quantitative estimate of drug-likeness (QED) is 0.784. The van der Waals surface area contributed by atoms with E-state index in [0.29, 0.717) is 0 Å². The van der Waals surface area contributed by atoms with Crippen molar-refractivity contribution in [3.8, 4) is 5.75 Å². The van der Waals surface area contributed by atoms with Crippen molar-refractivity contribution in [1.29, 1.82) is 0 Å².